The van der Waals surface area contributed by atoms with Gasteiger partial charge in [0.15, 0.2) is 0 Å². The summed E-state index contributed by atoms with van der Waals surface area (Å²) in [6.45, 7) is 5.92. The summed E-state index contributed by atoms with van der Waals surface area (Å²) < 4.78 is 0. The van der Waals surface area contributed by atoms with Gasteiger partial charge in [-0.05, 0) is 0 Å². The minimum absolute atomic E-state index is 0. The molecule has 19 heavy (non-hydrogen) atoms. The van der Waals surface area contributed by atoms with Crippen LogP contribution in [0.25, 0.3) is 10.6 Å². The molecule has 0 radical (unpaired) electrons. The maximum absolute atomic E-state index is 3.74. The largest absolute Gasteiger partial charge is 4.00 e. The molecule has 0 fully saturated rings. The number of nitrogens with zero attached hydrogens (tertiary/aromatic N) is 6. The van der Waals surface area contributed by atoms with E-state index < -0.39 is 0 Å². The Morgan fingerprint density at radius 3 is 1.21 bits per heavy atom. The molecule has 0 saturated heterocycles. The second-order valence-electron chi connectivity index (χ2n) is 2.71. The molecule has 2 aromatic rings. The Kier molecular flexibility index (Phi) is 31.5. The van der Waals surface area contributed by atoms with Gasteiger partial charge in [0.1, 0.15) is 0 Å². The molecule has 6 nitrogen and oxygen atoms in total. The molecule has 0 aliphatic rings. The molecule has 7 heteroatoms. The van der Waals surface area contributed by atoms with Gasteiger partial charge in [0, 0.05) is 12.4 Å². The van der Waals surface area contributed by atoms with Crippen LogP contribution in [-0.2, 0) is 21.7 Å². The van der Waals surface area contributed by atoms with E-state index in [-0.39, 0.29) is 21.7 Å². The van der Waals surface area contributed by atoms with Gasteiger partial charge in [0.2, 0.25) is 0 Å². The summed E-state index contributed by atoms with van der Waals surface area (Å²) in [5, 5.41) is 21.4. The summed E-state index contributed by atoms with van der Waals surface area (Å²) in [5.74, 6) is 0. The van der Waals surface area contributed by atoms with E-state index in [1.165, 1.54) is 0 Å². The van der Waals surface area contributed by atoms with E-state index in [2.05, 4.69) is 31.0 Å². The van der Waals surface area contributed by atoms with Gasteiger partial charge in [-0.15, -0.1) is 0 Å². The minimum Gasteiger partial charge on any atom is -0.665 e. The zero-order valence-electron chi connectivity index (χ0n) is 12.1. The van der Waals surface area contributed by atoms with Crippen LogP contribution >= 0.6 is 0 Å². The van der Waals surface area contributed by atoms with Crippen molar-refractivity contribution in [1.29, 1.82) is 0 Å². The van der Waals surface area contributed by atoms with E-state index in [0.29, 0.717) is 0 Å². The fraction of sp³-hybridized carbons (Fsp3) is 0.500. The summed E-state index contributed by atoms with van der Waals surface area (Å²) in [7, 11) is 3.61. The van der Waals surface area contributed by atoms with Gasteiger partial charge in [0.25, 0.3) is 0 Å². The monoisotopic (exact) mass is 298 g/mol. The molecule has 0 unspecified atom stereocenters. The van der Waals surface area contributed by atoms with Crippen molar-refractivity contribution in [2.75, 3.05) is 27.2 Å². The van der Waals surface area contributed by atoms with Crippen LogP contribution in [0.3, 0.4) is 0 Å². The first-order chi connectivity index (χ1) is 8.83. The van der Waals surface area contributed by atoms with Gasteiger partial charge in [-0.25, -0.2) is 0 Å². The first-order valence-electron chi connectivity index (χ1n) is 5.71. The molecule has 0 N–H and O–H groups in total. The van der Waals surface area contributed by atoms with Gasteiger partial charge < -0.3 is 31.0 Å². The first-order valence-corrected chi connectivity index (χ1v) is 5.71. The molecular formula is C12H22N6Ti. The van der Waals surface area contributed by atoms with Gasteiger partial charge in [0.05, 0.1) is 0 Å². The van der Waals surface area contributed by atoms with Crippen LogP contribution in [0.4, 0.5) is 0 Å². The first kappa shape index (κ1) is 23.2. The SMILES string of the molecule is CC[N-]C.CC[N-]C.[Ti+4].c1cn[n-]c1.c1cn[n-]c1. The molecule has 0 aliphatic heterocycles. The Hall–Kier alpha value is -0.946. The third-order valence-electron chi connectivity index (χ3n) is 1.38. The van der Waals surface area contributed by atoms with Gasteiger partial charge in [-0.2, -0.15) is 39.6 Å². The smallest absolute Gasteiger partial charge is 0.665 e. The van der Waals surface area contributed by atoms with E-state index in [1.807, 2.05) is 13.8 Å². The van der Waals surface area contributed by atoms with E-state index >= 15 is 0 Å². The second-order valence-corrected chi connectivity index (χ2v) is 2.71. The molecule has 0 saturated carbocycles. The van der Waals surface area contributed by atoms with Crippen LogP contribution in [0.2, 0.25) is 0 Å². The normalized spacial score (nSPS) is 7.37. The van der Waals surface area contributed by atoms with Crippen LogP contribution in [0.1, 0.15) is 13.8 Å². The molecule has 0 bridgehead atoms. The Labute approximate surface area is 131 Å². The van der Waals surface area contributed by atoms with E-state index in [0.717, 1.165) is 13.1 Å². The molecule has 0 aliphatic carbocycles. The molecule has 0 aromatic carbocycles. The summed E-state index contributed by atoms with van der Waals surface area (Å²) >= 11 is 0. The number of rotatable bonds is 2. The van der Waals surface area contributed by atoms with Gasteiger partial charge in [-0.3, -0.25) is 0 Å². The predicted molar refractivity (Wildman–Crippen MR) is 74.8 cm³/mol. The van der Waals surface area contributed by atoms with Crippen molar-refractivity contribution in [1.82, 2.24) is 20.4 Å². The summed E-state index contributed by atoms with van der Waals surface area (Å²) in [6, 6.07) is 3.56. The summed E-state index contributed by atoms with van der Waals surface area (Å²) in [6.07, 6.45) is 6.56. The zero-order valence-corrected chi connectivity index (χ0v) is 13.6. The number of aromatic nitrogens is 4. The Balaban J connectivity index is -0.000000178. The standard InChI is InChI=1S/2C3H3N2.2C3H8N.Ti/c2*1-2-4-5-3-1;2*1-3-4-2;/h2*1-3H;2*3H2,1-2H3;/q4*-1;+4. The molecular weight excluding hydrogens is 276 g/mol. The average molecular weight is 298 g/mol. The van der Waals surface area contributed by atoms with Crippen molar-refractivity contribution >= 4 is 0 Å². The van der Waals surface area contributed by atoms with Crippen LogP contribution < -0.4 is 10.2 Å². The van der Waals surface area contributed by atoms with Gasteiger partial charge in [-0.1, -0.05) is 26.0 Å². The van der Waals surface area contributed by atoms with Crippen molar-refractivity contribution < 1.29 is 21.7 Å². The molecule has 0 atom stereocenters. The molecule has 2 heterocycles. The van der Waals surface area contributed by atoms with E-state index in [1.54, 1.807) is 51.0 Å². The van der Waals surface area contributed by atoms with Gasteiger partial charge >= 0.3 is 21.7 Å². The predicted octanol–water partition coefficient (Wildman–Crippen LogP) is 2.09. The van der Waals surface area contributed by atoms with Crippen molar-refractivity contribution in [2.45, 2.75) is 13.8 Å². The van der Waals surface area contributed by atoms with Crippen LogP contribution in [0, 0.1) is 0 Å². The van der Waals surface area contributed by atoms with E-state index in [9.17, 15) is 0 Å². The van der Waals surface area contributed by atoms with Crippen LogP contribution in [0.5, 0.6) is 0 Å². The minimum atomic E-state index is 0. The number of hydrogen-bond donors (Lipinski definition) is 0. The van der Waals surface area contributed by atoms with Crippen molar-refractivity contribution in [3.8, 4) is 0 Å². The van der Waals surface area contributed by atoms with Crippen LogP contribution in [0.15, 0.2) is 36.9 Å². The third kappa shape index (κ3) is 31.6. The topological polar surface area (TPSA) is 82.2 Å². The molecule has 0 spiro atoms. The maximum Gasteiger partial charge on any atom is 4.00 e. The molecule has 104 valence electrons. The fourth-order valence-corrected chi connectivity index (χ4v) is 0.385. The fourth-order valence-electron chi connectivity index (χ4n) is 0.385. The summed E-state index contributed by atoms with van der Waals surface area (Å²) in [4.78, 5) is 0. The molecule has 0 amide bonds. The van der Waals surface area contributed by atoms with E-state index in [4.69, 9.17) is 0 Å². The maximum atomic E-state index is 3.74. The zero-order chi connectivity index (χ0) is 13.9. The molecule has 2 aromatic heterocycles. The number of hydrogen-bond acceptors (Lipinski definition) is 2. The average Bonchev–Trinajstić information content (AvgIpc) is 3.14. The van der Waals surface area contributed by atoms with Crippen LogP contribution in [-0.4, -0.2) is 37.4 Å². The Morgan fingerprint density at radius 1 is 0.842 bits per heavy atom. The van der Waals surface area contributed by atoms with Crippen molar-refractivity contribution in [3.05, 3.63) is 47.6 Å². The molecule has 2 rings (SSSR count). The quantitative estimate of drug-likeness (QED) is 0.795. The Morgan fingerprint density at radius 2 is 1.16 bits per heavy atom. The third-order valence-corrected chi connectivity index (χ3v) is 1.38. The van der Waals surface area contributed by atoms with Crippen molar-refractivity contribution in [2.24, 2.45) is 0 Å². The van der Waals surface area contributed by atoms with Crippen molar-refractivity contribution in [3.63, 3.8) is 0 Å². The Bertz CT molecular complexity index is 204. The second kappa shape index (κ2) is 25.8. The summed E-state index contributed by atoms with van der Waals surface area (Å²) in [5.41, 5.74) is 0.